The Kier molecular flexibility index (Phi) is 14.7. The van der Waals surface area contributed by atoms with Crippen LogP contribution in [0.2, 0.25) is 0 Å². The van der Waals surface area contributed by atoms with Crippen molar-refractivity contribution in [3.63, 3.8) is 0 Å². The number of halogens is 2. The Morgan fingerprint density at radius 3 is 2.41 bits per heavy atom. The molecule has 334 valence electrons. The van der Waals surface area contributed by atoms with Crippen LogP contribution in [0.15, 0.2) is 72.0 Å². The van der Waals surface area contributed by atoms with E-state index in [2.05, 4.69) is 35.2 Å². The molecule has 3 aromatic carbocycles. The number of benzene rings is 3. The highest BCUT2D eigenvalue weighted by molar-refractivity contribution is 8.01. The third kappa shape index (κ3) is 10.6. The van der Waals surface area contributed by atoms with Crippen LogP contribution in [0, 0.1) is 23.0 Å². The maximum Gasteiger partial charge on any atom is 0.266 e. The number of amides is 3. The number of rotatable bonds is 16. The van der Waals surface area contributed by atoms with Gasteiger partial charge in [-0.15, -0.1) is 0 Å². The van der Waals surface area contributed by atoms with E-state index in [1.165, 1.54) is 59.5 Å². The van der Waals surface area contributed by atoms with Crippen molar-refractivity contribution in [1.82, 2.24) is 34.6 Å². The molecular weight excluding hydrogens is 845 g/mol. The van der Waals surface area contributed by atoms with Gasteiger partial charge in [-0.25, -0.2) is 23.7 Å². The predicted molar refractivity (Wildman–Crippen MR) is 241 cm³/mol. The van der Waals surface area contributed by atoms with Gasteiger partial charge in [0.15, 0.2) is 11.6 Å². The summed E-state index contributed by atoms with van der Waals surface area (Å²) in [5.74, 6) is -1.18. The van der Waals surface area contributed by atoms with Gasteiger partial charge in [-0.2, -0.15) is 5.26 Å². The van der Waals surface area contributed by atoms with Crippen molar-refractivity contribution in [2.24, 2.45) is 0 Å². The van der Waals surface area contributed by atoms with Gasteiger partial charge in [0.25, 0.3) is 5.56 Å². The van der Waals surface area contributed by atoms with E-state index in [0.717, 1.165) is 0 Å². The molecule has 64 heavy (non-hydrogen) atoms. The summed E-state index contributed by atoms with van der Waals surface area (Å²) in [6.07, 6.45) is 7.37. The van der Waals surface area contributed by atoms with Crippen LogP contribution in [0.25, 0.3) is 16.6 Å². The standard InChI is InChI=1S/C45H49F2N11O5S/c1-4-5-40(43(61)52-27-59)53-30-6-8-33(37(47)20-30)29-12-14-55(15-13-29)25-41(60)56-16-18-57(19-17-56)45-49-23-31(24-50-45)58-26-51-38-10-7-32(21-34(38)44(58)62)63-42-35(22-48)39(11-9-36(42)46)54-64-28(2)3/h6-11,20-21,23-24,26-29,40,53-54H,4-5,12-19,25H2,1-3H3,(H,52,59,61). The highest BCUT2D eigenvalue weighted by atomic mass is 32.2. The molecule has 1 unspecified atom stereocenters. The molecule has 0 bridgehead atoms. The largest absolute Gasteiger partial charge is 0.453 e. The number of carbonyl (C=O) groups excluding carboxylic acids is 3. The molecule has 1 atom stereocenters. The molecule has 4 heterocycles. The average molecular weight is 894 g/mol. The van der Waals surface area contributed by atoms with E-state index in [0.29, 0.717) is 105 Å². The number of imide groups is 1. The van der Waals surface area contributed by atoms with E-state index in [9.17, 15) is 28.8 Å². The third-order valence-electron chi connectivity index (χ3n) is 11.2. The summed E-state index contributed by atoms with van der Waals surface area (Å²) in [7, 11) is 0. The minimum absolute atomic E-state index is 0.000970. The number of aromatic nitrogens is 4. The van der Waals surface area contributed by atoms with Crippen LogP contribution >= 0.6 is 11.9 Å². The number of ether oxygens (including phenoxy) is 1. The van der Waals surface area contributed by atoms with Gasteiger partial charge >= 0.3 is 0 Å². The van der Waals surface area contributed by atoms with Crippen molar-refractivity contribution in [3.05, 3.63) is 100 Å². The van der Waals surface area contributed by atoms with E-state index < -0.39 is 23.3 Å². The first-order chi connectivity index (χ1) is 31.0. The Morgan fingerprint density at radius 1 is 0.984 bits per heavy atom. The van der Waals surface area contributed by atoms with E-state index in [4.69, 9.17) is 4.74 Å². The first-order valence-electron chi connectivity index (χ1n) is 21.2. The van der Waals surface area contributed by atoms with E-state index in [-0.39, 0.29) is 51.9 Å². The van der Waals surface area contributed by atoms with Crippen molar-refractivity contribution in [3.8, 4) is 23.3 Å². The lowest BCUT2D eigenvalue weighted by molar-refractivity contribution is -0.133. The summed E-state index contributed by atoms with van der Waals surface area (Å²) in [6.45, 7) is 9.45. The van der Waals surface area contributed by atoms with E-state index in [1.54, 1.807) is 24.3 Å². The summed E-state index contributed by atoms with van der Waals surface area (Å²) in [5, 5.41) is 15.5. The number of piperazine rings is 1. The molecule has 16 nitrogen and oxygen atoms in total. The summed E-state index contributed by atoms with van der Waals surface area (Å²) >= 11 is 1.38. The molecule has 2 saturated heterocycles. The molecule has 5 aromatic rings. The smallest absolute Gasteiger partial charge is 0.266 e. The zero-order valence-corrected chi connectivity index (χ0v) is 36.5. The number of nitrogens with one attached hydrogen (secondary N) is 3. The topological polar surface area (TPSA) is 191 Å². The second-order valence-electron chi connectivity index (χ2n) is 15.9. The van der Waals surface area contributed by atoms with Gasteiger partial charge in [0.05, 0.1) is 41.2 Å². The molecule has 0 saturated carbocycles. The lowest BCUT2D eigenvalue weighted by Crippen LogP contribution is -2.52. The lowest BCUT2D eigenvalue weighted by Gasteiger charge is -2.37. The molecule has 0 spiro atoms. The van der Waals surface area contributed by atoms with Gasteiger partial charge in [-0.05, 0) is 98.2 Å². The first kappa shape index (κ1) is 45.4. The second-order valence-corrected chi connectivity index (χ2v) is 17.3. The molecule has 0 radical (unpaired) electrons. The number of likely N-dealkylation sites (tertiary alicyclic amines) is 1. The van der Waals surface area contributed by atoms with Gasteiger partial charge in [0.2, 0.25) is 24.2 Å². The van der Waals surface area contributed by atoms with E-state index in [1.807, 2.05) is 36.6 Å². The minimum atomic E-state index is -0.725. The number of carbonyl (C=O) groups is 3. The number of piperidine rings is 1. The van der Waals surface area contributed by atoms with Gasteiger partial charge in [-0.1, -0.05) is 33.3 Å². The van der Waals surface area contributed by atoms with Crippen LogP contribution in [0.3, 0.4) is 0 Å². The Balaban J connectivity index is 0.914. The fourth-order valence-corrected chi connectivity index (χ4v) is 8.35. The Bertz CT molecular complexity index is 2590. The average Bonchev–Trinajstić information content (AvgIpc) is 3.30. The number of fused-ring (bicyclic) bond motifs is 1. The number of nitriles is 1. The minimum Gasteiger partial charge on any atom is -0.453 e. The number of hydrogen-bond donors (Lipinski definition) is 3. The Morgan fingerprint density at radius 2 is 1.73 bits per heavy atom. The molecule has 7 rings (SSSR count). The summed E-state index contributed by atoms with van der Waals surface area (Å²) < 4.78 is 40.5. The van der Waals surface area contributed by atoms with Crippen LogP contribution in [-0.4, -0.2) is 105 Å². The molecule has 2 aliphatic rings. The molecule has 2 aromatic heterocycles. The normalized spacial score (nSPS) is 15.1. The summed E-state index contributed by atoms with van der Waals surface area (Å²) in [6, 6.07) is 13.5. The maximum atomic E-state index is 15.3. The fourth-order valence-electron chi connectivity index (χ4n) is 7.82. The molecule has 3 amide bonds. The van der Waals surface area contributed by atoms with Crippen molar-refractivity contribution in [1.29, 1.82) is 5.26 Å². The van der Waals surface area contributed by atoms with Gasteiger partial charge in [0.1, 0.15) is 35.6 Å². The summed E-state index contributed by atoms with van der Waals surface area (Å²) in [5.41, 5.74) is 1.82. The van der Waals surface area contributed by atoms with Crippen molar-refractivity contribution in [2.45, 2.75) is 63.7 Å². The quantitative estimate of drug-likeness (QED) is 0.0776. The predicted octanol–water partition coefficient (Wildman–Crippen LogP) is 5.97. The Hall–Kier alpha value is -6.65. The van der Waals surface area contributed by atoms with Crippen LogP contribution in [0.4, 0.5) is 26.1 Å². The third-order valence-corrected chi connectivity index (χ3v) is 12.0. The SMILES string of the molecule is CCCC(Nc1ccc(C2CCN(CC(=O)N3CCN(c4ncc(-n5cnc6ccc(Oc7c(F)ccc(NSC(C)C)c7C#N)cc6c5=O)cn4)CC3)CC2)c(F)c1)C(=O)NC=O. The molecular formula is C45H49F2N11O5S. The van der Waals surface area contributed by atoms with Gasteiger partial charge in [0, 0.05) is 37.1 Å². The molecule has 0 aliphatic carbocycles. The first-order valence-corrected chi connectivity index (χ1v) is 22.0. The molecule has 2 fully saturated rings. The lowest BCUT2D eigenvalue weighted by atomic mass is 9.89. The van der Waals surface area contributed by atoms with Gasteiger partial charge < -0.3 is 24.6 Å². The number of nitrogens with zero attached hydrogens (tertiary/aromatic N) is 8. The highest BCUT2D eigenvalue weighted by Gasteiger charge is 2.28. The van der Waals surface area contributed by atoms with E-state index >= 15 is 4.39 Å². The fraction of sp³-hybridized carbons (Fsp3) is 0.378. The molecule has 3 N–H and O–H groups in total. The van der Waals surface area contributed by atoms with Crippen LogP contribution < -0.4 is 30.6 Å². The molecule has 2 aliphatic heterocycles. The van der Waals surface area contributed by atoms with Crippen LogP contribution in [0.1, 0.15) is 63.5 Å². The summed E-state index contributed by atoms with van der Waals surface area (Å²) in [4.78, 5) is 69.5. The van der Waals surface area contributed by atoms with Gasteiger partial charge in [-0.3, -0.25) is 34.0 Å². The number of hydrogen-bond acceptors (Lipinski definition) is 14. The Labute approximate surface area is 373 Å². The second kappa shape index (κ2) is 20.7. The monoisotopic (exact) mass is 893 g/mol. The number of anilines is 3. The highest BCUT2D eigenvalue weighted by Crippen LogP contribution is 2.35. The van der Waals surface area contributed by atoms with Crippen LogP contribution in [0.5, 0.6) is 11.5 Å². The van der Waals surface area contributed by atoms with Crippen molar-refractivity contribution < 1.29 is 27.9 Å². The van der Waals surface area contributed by atoms with Crippen molar-refractivity contribution >= 4 is 58.4 Å². The van der Waals surface area contributed by atoms with Crippen molar-refractivity contribution in [2.75, 3.05) is 60.8 Å². The zero-order chi connectivity index (χ0) is 45.3. The zero-order valence-electron chi connectivity index (χ0n) is 35.7. The maximum absolute atomic E-state index is 15.3. The van der Waals surface area contributed by atoms with Crippen LogP contribution in [-0.2, 0) is 14.4 Å². The molecule has 19 heteroatoms.